The van der Waals surface area contributed by atoms with E-state index in [4.69, 9.17) is 23.2 Å². The zero-order chi connectivity index (χ0) is 26.3. The van der Waals surface area contributed by atoms with Crippen molar-refractivity contribution >= 4 is 56.4 Å². The van der Waals surface area contributed by atoms with Crippen LogP contribution in [0.4, 0.5) is 17.6 Å². The predicted molar refractivity (Wildman–Crippen MR) is 120 cm³/mol. The lowest BCUT2D eigenvalue weighted by Crippen LogP contribution is -2.43. The first-order chi connectivity index (χ1) is 16.1. The van der Waals surface area contributed by atoms with Crippen LogP contribution in [0, 0.1) is 0 Å². The fourth-order valence-corrected chi connectivity index (χ4v) is 6.30. The highest BCUT2D eigenvalue weighted by atomic mass is 35.5. The average molecular weight is 578 g/mol. The molecule has 1 aliphatic rings. The molecule has 192 valence electrons. The number of sulfonamides is 1. The minimum atomic E-state index is -4.86. The highest BCUT2D eigenvalue weighted by Gasteiger charge is 2.39. The number of carboxylic acids is 1. The highest BCUT2D eigenvalue weighted by molar-refractivity contribution is 7.89. The quantitative estimate of drug-likeness (QED) is 0.484. The van der Waals surface area contributed by atoms with Crippen LogP contribution in [0.2, 0.25) is 10.0 Å². The van der Waals surface area contributed by atoms with Crippen molar-refractivity contribution in [3.63, 3.8) is 0 Å². The fourth-order valence-electron chi connectivity index (χ4n) is 3.22. The van der Waals surface area contributed by atoms with Crippen molar-refractivity contribution in [2.45, 2.75) is 43.1 Å². The van der Waals surface area contributed by atoms with Crippen molar-refractivity contribution in [1.82, 2.24) is 14.6 Å². The maximum Gasteiger partial charge on any atom is 0.404 e. The van der Waals surface area contributed by atoms with E-state index in [-0.39, 0.29) is 42.1 Å². The Balaban J connectivity index is 2.05. The summed E-state index contributed by atoms with van der Waals surface area (Å²) in [5.74, 6) is -2.12. The second-order valence-electron chi connectivity index (χ2n) is 7.59. The number of carbonyl (C=O) groups excluding carboxylic acids is 1. The summed E-state index contributed by atoms with van der Waals surface area (Å²) in [4.78, 5) is 28.9. The molecule has 1 amide bonds. The Morgan fingerprint density at radius 2 is 1.83 bits per heavy atom. The maximum atomic E-state index is 13.5. The number of halogens is 6. The predicted octanol–water partition coefficient (Wildman–Crippen LogP) is 4.62. The number of carboxylic acid groups (broad SMARTS) is 1. The van der Waals surface area contributed by atoms with E-state index in [1.807, 2.05) is 0 Å². The van der Waals surface area contributed by atoms with E-state index in [1.54, 1.807) is 0 Å². The van der Waals surface area contributed by atoms with Gasteiger partial charge >= 0.3 is 12.1 Å². The molecular weight excluding hydrogens is 561 g/mol. The van der Waals surface area contributed by atoms with Crippen LogP contribution in [0.1, 0.15) is 40.1 Å². The topological polar surface area (TPSA) is 117 Å². The minimum absolute atomic E-state index is 0.0396. The van der Waals surface area contributed by atoms with Crippen LogP contribution in [0.15, 0.2) is 17.0 Å². The molecular formula is C19H17Cl2F4N3O5S2. The van der Waals surface area contributed by atoms with E-state index in [0.29, 0.717) is 18.3 Å². The number of rotatable bonds is 6. The second-order valence-corrected chi connectivity index (χ2v) is 11.0. The Bertz CT molecular complexity index is 1260. The van der Waals surface area contributed by atoms with Crippen molar-refractivity contribution < 1.29 is 40.7 Å². The highest BCUT2D eigenvalue weighted by Crippen LogP contribution is 2.42. The van der Waals surface area contributed by atoms with Crippen molar-refractivity contribution in [3.8, 4) is 10.4 Å². The number of carbonyl (C=O) groups is 2. The number of likely N-dealkylation sites (tertiary alicyclic amines) is 1. The van der Waals surface area contributed by atoms with E-state index in [9.17, 15) is 40.7 Å². The Hall–Kier alpha value is -2.00. The first kappa shape index (κ1) is 27.6. The molecule has 0 radical (unpaired) electrons. The lowest BCUT2D eigenvalue weighted by molar-refractivity contribution is -0.147. The van der Waals surface area contributed by atoms with Gasteiger partial charge in [0.15, 0.2) is 0 Å². The summed E-state index contributed by atoms with van der Waals surface area (Å²) < 4.78 is 78.4. The van der Waals surface area contributed by atoms with Crippen LogP contribution in [-0.4, -0.2) is 66.8 Å². The van der Waals surface area contributed by atoms with Crippen LogP contribution < -0.4 is 4.72 Å². The number of nitrogens with zero attached hydrogens (tertiary/aromatic N) is 2. The normalized spacial score (nSPS) is 16.4. The zero-order valence-corrected chi connectivity index (χ0v) is 20.8. The van der Waals surface area contributed by atoms with Gasteiger partial charge in [-0.05, 0) is 25.8 Å². The third kappa shape index (κ3) is 5.88. The van der Waals surface area contributed by atoms with E-state index < -0.39 is 60.2 Å². The van der Waals surface area contributed by atoms with E-state index >= 15 is 0 Å². The maximum absolute atomic E-state index is 13.5. The van der Waals surface area contributed by atoms with Gasteiger partial charge in [-0.15, -0.1) is 11.3 Å². The summed E-state index contributed by atoms with van der Waals surface area (Å²) in [7, 11) is -4.76. The first-order valence-electron chi connectivity index (χ1n) is 9.88. The molecule has 0 spiro atoms. The molecule has 0 aliphatic carbocycles. The molecule has 0 saturated carbocycles. The van der Waals surface area contributed by atoms with Crippen LogP contribution >= 0.6 is 34.5 Å². The molecule has 1 unspecified atom stereocenters. The molecule has 3 rings (SSSR count). The molecule has 35 heavy (non-hydrogen) atoms. The van der Waals surface area contributed by atoms with Crippen molar-refractivity contribution in [2.24, 2.45) is 0 Å². The molecule has 16 heteroatoms. The number of aromatic nitrogens is 1. The summed E-state index contributed by atoms with van der Waals surface area (Å²) in [6.45, 7) is 0.762. The lowest BCUT2D eigenvalue weighted by atomic mass is 10.1. The van der Waals surface area contributed by atoms with Gasteiger partial charge in [0, 0.05) is 18.7 Å². The van der Waals surface area contributed by atoms with Crippen molar-refractivity contribution in [2.75, 3.05) is 13.1 Å². The van der Waals surface area contributed by atoms with Gasteiger partial charge in [-0.2, -0.15) is 17.9 Å². The standard InChI is InChI=1S/C19H17Cl2F4N3O5S2/c1-8(19(23,24)25)27-35(32,33)11-3-2-10(12(20)13(11)21)15-14(26-16(34-15)18(30)31)17(29)28-6-4-9(22)5-7-28/h2-3,8-9,27H,4-7H2,1H3,(H,30,31). The first-order valence-corrected chi connectivity index (χ1v) is 12.9. The third-order valence-electron chi connectivity index (χ3n) is 5.13. The number of thiazole rings is 1. The second kappa shape index (κ2) is 10.2. The Labute approximate surface area is 210 Å². The van der Waals surface area contributed by atoms with E-state index in [2.05, 4.69) is 4.98 Å². The van der Waals surface area contributed by atoms with E-state index in [1.165, 1.54) is 9.62 Å². The van der Waals surface area contributed by atoms with Gasteiger partial charge in [-0.3, -0.25) is 4.79 Å². The molecule has 1 aromatic carbocycles. The zero-order valence-electron chi connectivity index (χ0n) is 17.7. The number of alkyl halides is 4. The van der Waals surface area contributed by atoms with Crippen LogP contribution in [-0.2, 0) is 10.0 Å². The van der Waals surface area contributed by atoms with Crippen molar-refractivity contribution in [3.05, 3.63) is 32.9 Å². The molecule has 0 bridgehead atoms. The molecule has 1 fully saturated rings. The largest absolute Gasteiger partial charge is 0.476 e. The number of hydrogen-bond acceptors (Lipinski definition) is 6. The van der Waals surface area contributed by atoms with Gasteiger partial charge in [0.05, 0.1) is 14.9 Å². The van der Waals surface area contributed by atoms with Crippen LogP contribution in [0.25, 0.3) is 10.4 Å². The average Bonchev–Trinajstić information content (AvgIpc) is 3.20. The molecule has 1 saturated heterocycles. The molecule has 1 aromatic heterocycles. The lowest BCUT2D eigenvalue weighted by Gasteiger charge is -2.28. The number of hydrogen-bond donors (Lipinski definition) is 2. The van der Waals surface area contributed by atoms with Gasteiger partial charge in [0.1, 0.15) is 22.8 Å². The summed E-state index contributed by atoms with van der Waals surface area (Å²) in [6, 6.07) is -0.442. The van der Waals surface area contributed by atoms with Crippen LogP contribution in [0.3, 0.4) is 0 Å². The van der Waals surface area contributed by atoms with Gasteiger partial charge in [0.2, 0.25) is 15.0 Å². The van der Waals surface area contributed by atoms with Gasteiger partial charge in [-0.1, -0.05) is 29.3 Å². The molecule has 2 aromatic rings. The summed E-state index contributed by atoms with van der Waals surface area (Å²) >= 11 is 12.9. The Kier molecular flexibility index (Phi) is 8.01. The summed E-state index contributed by atoms with van der Waals surface area (Å²) in [5.41, 5.74) is -0.352. The molecule has 2 heterocycles. The van der Waals surface area contributed by atoms with Crippen LogP contribution in [0.5, 0.6) is 0 Å². The van der Waals surface area contributed by atoms with Gasteiger partial charge in [-0.25, -0.2) is 22.6 Å². The summed E-state index contributed by atoms with van der Waals surface area (Å²) in [5, 5.41) is 7.82. The molecule has 1 aliphatic heterocycles. The van der Waals surface area contributed by atoms with Gasteiger partial charge < -0.3 is 10.0 Å². The fraction of sp³-hybridized carbons (Fsp3) is 0.421. The Morgan fingerprint density at radius 3 is 2.37 bits per heavy atom. The monoisotopic (exact) mass is 577 g/mol. The number of aromatic carboxylic acids is 1. The number of nitrogens with one attached hydrogen (secondary N) is 1. The minimum Gasteiger partial charge on any atom is -0.476 e. The third-order valence-corrected chi connectivity index (χ3v) is 8.78. The molecule has 2 N–H and O–H groups in total. The number of amides is 1. The van der Waals surface area contributed by atoms with Crippen molar-refractivity contribution in [1.29, 1.82) is 0 Å². The molecule has 8 nitrogen and oxygen atoms in total. The summed E-state index contributed by atoms with van der Waals surface area (Å²) in [6.07, 6.45) is -5.73. The van der Waals surface area contributed by atoms with Gasteiger partial charge in [0.25, 0.3) is 5.91 Å². The smallest absolute Gasteiger partial charge is 0.404 e. The molecule has 1 atom stereocenters. The van der Waals surface area contributed by atoms with E-state index in [0.717, 1.165) is 12.1 Å². The number of piperidine rings is 1. The SMILES string of the molecule is CC(NS(=O)(=O)c1ccc(-c2sc(C(=O)O)nc2C(=O)N2CCC(F)CC2)c(Cl)c1Cl)C(F)(F)F. The Morgan fingerprint density at radius 1 is 1.23 bits per heavy atom. The number of benzene rings is 1.